The summed E-state index contributed by atoms with van der Waals surface area (Å²) in [7, 11) is 0. The molecule has 0 aromatic carbocycles. The largest absolute Gasteiger partial charge is 0.480 e. The number of hydrogen-bond acceptors (Lipinski definition) is 5. The first kappa shape index (κ1) is 18.3. The zero-order valence-electron chi connectivity index (χ0n) is 11.6. The number of ether oxygens (including phenoxy) is 2. The molecule has 116 valence electrons. The topological polar surface area (TPSA) is 114 Å². The van der Waals surface area contributed by atoms with E-state index in [-0.39, 0.29) is 31.4 Å². The van der Waals surface area contributed by atoms with Crippen molar-refractivity contribution in [1.29, 1.82) is 0 Å². The Morgan fingerprint density at radius 1 is 0.950 bits per heavy atom. The van der Waals surface area contributed by atoms with Crippen LogP contribution in [-0.2, 0) is 23.9 Å². The minimum absolute atomic E-state index is 0.0165. The molecule has 3 N–H and O–H groups in total. The maximum absolute atomic E-state index is 11.1. The van der Waals surface area contributed by atoms with Crippen LogP contribution in [0.3, 0.4) is 0 Å². The van der Waals surface area contributed by atoms with E-state index in [1.165, 1.54) is 0 Å². The van der Waals surface area contributed by atoms with E-state index in [0.29, 0.717) is 32.8 Å². The molecule has 2 amide bonds. The first-order valence-corrected chi connectivity index (χ1v) is 6.47. The quantitative estimate of drug-likeness (QED) is 0.403. The van der Waals surface area contributed by atoms with Gasteiger partial charge in [-0.05, 0) is 0 Å². The van der Waals surface area contributed by atoms with Crippen molar-refractivity contribution in [2.75, 3.05) is 39.5 Å². The van der Waals surface area contributed by atoms with Crippen LogP contribution in [0.25, 0.3) is 0 Å². The van der Waals surface area contributed by atoms with Gasteiger partial charge in [0.15, 0.2) is 0 Å². The second-order valence-electron chi connectivity index (χ2n) is 3.85. The molecule has 0 aromatic heterocycles. The Kier molecular flexibility index (Phi) is 11.3. The number of aliphatic carboxylic acids is 1. The number of rotatable bonds is 12. The summed E-state index contributed by atoms with van der Waals surface area (Å²) in [5.41, 5.74) is 0. The lowest BCUT2D eigenvalue weighted by molar-refractivity contribution is -0.138. The van der Waals surface area contributed by atoms with Gasteiger partial charge in [-0.2, -0.15) is 0 Å². The van der Waals surface area contributed by atoms with Crippen molar-refractivity contribution in [3.05, 3.63) is 0 Å². The van der Waals surface area contributed by atoms with Crippen LogP contribution in [0.4, 0.5) is 0 Å². The van der Waals surface area contributed by atoms with E-state index >= 15 is 0 Å². The zero-order chi connectivity index (χ0) is 15.2. The maximum atomic E-state index is 11.1. The van der Waals surface area contributed by atoms with Crippen LogP contribution in [-0.4, -0.2) is 62.4 Å². The Hall–Kier alpha value is -1.67. The molecule has 0 atom stereocenters. The van der Waals surface area contributed by atoms with Crippen LogP contribution in [0.15, 0.2) is 0 Å². The fourth-order valence-electron chi connectivity index (χ4n) is 1.14. The highest BCUT2D eigenvalue weighted by molar-refractivity contribution is 5.81. The molecule has 20 heavy (non-hydrogen) atoms. The smallest absolute Gasteiger partial charge is 0.322 e. The number of hydrogen-bond donors (Lipinski definition) is 3. The van der Waals surface area contributed by atoms with Gasteiger partial charge in [0, 0.05) is 19.4 Å². The summed E-state index contributed by atoms with van der Waals surface area (Å²) in [5.74, 6) is -1.46. The fraction of sp³-hybridized carbons (Fsp3) is 0.750. The average molecular weight is 290 g/mol. The Morgan fingerprint density at radius 2 is 1.60 bits per heavy atom. The molecule has 0 rings (SSSR count). The summed E-state index contributed by atoms with van der Waals surface area (Å²) in [6.45, 7) is 3.19. The van der Waals surface area contributed by atoms with Crippen LogP contribution >= 0.6 is 0 Å². The lowest BCUT2D eigenvalue weighted by Gasteiger charge is -2.06. The number of amides is 2. The van der Waals surface area contributed by atoms with Gasteiger partial charge in [-0.3, -0.25) is 14.4 Å². The summed E-state index contributed by atoms with van der Waals surface area (Å²) in [6, 6.07) is 0. The van der Waals surface area contributed by atoms with E-state index in [2.05, 4.69) is 10.6 Å². The second kappa shape index (κ2) is 12.4. The predicted molar refractivity (Wildman–Crippen MR) is 70.2 cm³/mol. The molecule has 0 spiro atoms. The van der Waals surface area contributed by atoms with Crippen molar-refractivity contribution in [3.8, 4) is 0 Å². The summed E-state index contributed by atoms with van der Waals surface area (Å²) >= 11 is 0. The molecule has 0 saturated heterocycles. The molecule has 0 aliphatic heterocycles. The Labute approximate surface area is 117 Å². The van der Waals surface area contributed by atoms with Crippen LogP contribution in [0, 0.1) is 0 Å². The van der Waals surface area contributed by atoms with Crippen LogP contribution < -0.4 is 10.6 Å². The molecule has 0 bridgehead atoms. The summed E-state index contributed by atoms with van der Waals surface area (Å²) < 4.78 is 10.3. The number of carboxylic acid groups (broad SMARTS) is 1. The van der Waals surface area contributed by atoms with E-state index in [1.807, 2.05) is 0 Å². The highest BCUT2D eigenvalue weighted by Gasteiger charge is 2.03. The highest BCUT2D eigenvalue weighted by Crippen LogP contribution is 1.85. The van der Waals surface area contributed by atoms with Gasteiger partial charge in [0.05, 0.1) is 26.4 Å². The van der Waals surface area contributed by atoms with Gasteiger partial charge < -0.3 is 25.2 Å². The molecule has 0 saturated carbocycles. The molecule has 0 fully saturated rings. The van der Waals surface area contributed by atoms with E-state index in [9.17, 15) is 14.4 Å². The van der Waals surface area contributed by atoms with Crippen LogP contribution in [0.2, 0.25) is 0 Å². The Bertz CT molecular complexity index is 308. The lowest BCUT2D eigenvalue weighted by atomic mass is 10.4. The Balaban J connectivity index is 3.22. The summed E-state index contributed by atoms with van der Waals surface area (Å²) in [6.07, 6.45) is 0.562. The predicted octanol–water partition coefficient (Wildman–Crippen LogP) is -0.863. The molecular weight excluding hydrogens is 268 g/mol. The molecule has 0 heterocycles. The van der Waals surface area contributed by atoms with E-state index < -0.39 is 5.97 Å². The summed E-state index contributed by atoms with van der Waals surface area (Å²) in [4.78, 5) is 32.1. The zero-order valence-corrected chi connectivity index (χ0v) is 11.6. The average Bonchev–Trinajstić information content (AvgIpc) is 2.42. The minimum atomic E-state index is -1.08. The van der Waals surface area contributed by atoms with Gasteiger partial charge in [-0.15, -0.1) is 0 Å². The summed E-state index contributed by atoms with van der Waals surface area (Å²) in [5, 5.41) is 13.2. The van der Waals surface area contributed by atoms with E-state index in [1.54, 1.807) is 6.92 Å². The number of carbonyl (C=O) groups excluding carboxylic acids is 2. The van der Waals surface area contributed by atoms with Crippen molar-refractivity contribution in [3.63, 3.8) is 0 Å². The van der Waals surface area contributed by atoms with E-state index in [0.717, 1.165) is 0 Å². The molecule has 0 radical (unpaired) electrons. The Morgan fingerprint density at radius 3 is 2.20 bits per heavy atom. The van der Waals surface area contributed by atoms with E-state index in [4.69, 9.17) is 14.6 Å². The van der Waals surface area contributed by atoms with Crippen molar-refractivity contribution in [2.45, 2.75) is 19.8 Å². The molecule has 8 nitrogen and oxygen atoms in total. The molecule has 0 aliphatic carbocycles. The SMILES string of the molecule is CCC(=O)NCCOCCOCCC(=O)NCC(=O)O. The van der Waals surface area contributed by atoms with Gasteiger partial charge in [0.2, 0.25) is 11.8 Å². The van der Waals surface area contributed by atoms with Crippen molar-refractivity contribution < 1.29 is 29.0 Å². The molecule has 8 heteroatoms. The van der Waals surface area contributed by atoms with Crippen molar-refractivity contribution in [2.24, 2.45) is 0 Å². The van der Waals surface area contributed by atoms with Gasteiger partial charge in [-0.1, -0.05) is 6.92 Å². The van der Waals surface area contributed by atoms with Gasteiger partial charge in [0.1, 0.15) is 6.54 Å². The molecule has 0 aliphatic rings. The normalized spacial score (nSPS) is 10.1. The second-order valence-corrected chi connectivity index (χ2v) is 3.85. The minimum Gasteiger partial charge on any atom is -0.480 e. The third kappa shape index (κ3) is 12.8. The monoisotopic (exact) mass is 290 g/mol. The first-order chi connectivity index (χ1) is 9.56. The third-order valence-corrected chi connectivity index (χ3v) is 2.17. The number of carboxylic acids is 1. The van der Waals surface area contributed by atoms with Gasteiger partial charge in [0.25, 0.3) is 0 Å². The fourth-order valence-corrected chi connectivity index (χ4v) is 1.14. The molecule has 0 unspecified atom stereocenters. The van der Waals surface area contributed by atoms with Crippen molar-refractivity contribution in [1.82, 2.24) is 10.6 Å². The maximum Gasteiger partial charge on any atom is 0.322 e. The van der Waals surface area contributed by atoms with Gasteiger partial charge >= 0.3 is 5.97 Å². The van der Waals surface area contributed by atoms with Gasteiger partial charge in [-0.25, -0.2) is 0 Å². The van der Waals surface area contributed by atoms with Crippen LogP contribution in [0.1, 0.15) is 19.8 Å². The highest BCUT2D eigenvalue weighted by atomic mass is 16.5. The van der Waals surface area contributed by atoms with Crippen LogP contribution in [0.5, 0.6) is 0 Å². The number of nitrogens with one attached hydrogen (secondary N) is 2. The first-order valence-electron chi connectivity index (χ1n) is 6.47. The molecule has 0 aromatic rings. The third-order valence-electron chi connectivity index (χ3n) is 2.17. The number of carbonyl (C=O) groups is 3. The lowest BCUT2D eigenvalue weighted by Crippen LogP contribution is -2.30. The van der Waals surface area contributed by atoms with Crippen molar-refractivity contribution >= 4 is 17.8 Å². The standard InChI is InChI=1S/C12H22N2O6/c1-2-10(15)13-4-6-20-8-7-19-5-3-11(16)14-9-12(17)18/h2-9H2,1H3,(H,13,15)(H,14,16)(H,17,18). The molecular formula is C12H22N2O6.